The Bertz CT molecular complexity index is 1230. The molecule has 2 aromatic heterocycles. The molecule has 0 atom stereocenters. The SMILES string of the molecule is C=C(C)C.C=CC.CC1(C(=O)O)CCNCC1.CCl.Sc1cnc(N2CCC(CCCC3CCN(Sc4cc(Br)cs4)CC3)CC2)c(Br)c1. The van der Waals surface area contributed by atoms with E-state index in [2.05, 4.69) is 100 Å². The second-order valence-corrected chi connectivity index (χ2v) is 17.7. The Balaban J connectivity index is 0.000000521. The maximum Gasteiger partial charge on any atom is 0.309 e. The number of halogens is 3. The number of allylic oxidation sites excluding steroid dienone is 2. The van der Waals surface area contributed by atoms with Crippen molar-refractivity contribution >= 4 is 91.2 Å². The number of piperidine rings is 3. The highest BCUT2D eigenvalue weighted by Crippen LogP contribution is 2.36. The average molecular weight is 883 g/mol. The third-order valence-electron chi connectivity index (χ3n) is 8.51. The highest BCUT2D eigenvalue weighted by molar-refractivity contribution is 9.10. The van der Waals surface area contributed by atoms with E-state index in [0.29, 0.717) is 0 Å². The van der Waals surface area contributed by atoms with Crippen LogP contribution in [0.2, 0.25) is 0 Å². The normalized spacial score (nSPS) is 17.8. The molecule has 6 nitrogen and oxygen atoms in total. The summed E-state index contributed by atoms with van der Waals surface area (Å²) in [7, 11) is 0. The zero-order valence-corrected chi connectivity index (χ0v) is 36.6. The largest absolute Gasteiger partial charge is 0.481 e. The van der Waals surface area contributed by atoms with Gasteiger partial charge in [0.2, 0.25) is 0 Å². The molecule has 0 aliphatic carbocycles. The third-order valence-corrected chi connectivity index (χ3v) is 12.2. The summed E-state index contributed by atoms with van der Waals surface area (Å²) in [6, 6.07) is 4.28. The number of alkyl halides is 1. The van der Waals surface area contributed by atoms with Crippen molar-refractivity contribution in [3.8, 4) is 0 Å². The summed E-state index contributed by atoms with van der Waals surface area (Å²) in [5.41, 5.74) is 0.700. The fraction of sp³-hybridized carbons (Fsp3) is 0.622. The molecule has 12 heteroatoms. The monoisotopic (exact) mass is 880 g/mol. The Morgan fingerprint density at radius 1 is 1.12 bits per heavy atom. The molecule has 3 aliphatic heterocycles. The van der Waals surface area contributed by atoms with Crippen molar-refractivity contribution in [2.75, 3.05) is 50.6 Å². The number of aliphatic carboxylic acids is 1. The summed E-state index contributed by atoms with van der Waals surface area (Å²) in [6.45, 7) is 20.9. The van der Waals surface area contributed by atoms with Crippen LogP contribution in [0.15, 0.2) is 66.6 Å². The molecule has 0 bridgehead atoms. The van der Waals surface area contributed by atoms with Crippen molar-refractivity contribution in [2.45, 2.75) is 94.6 Å². The number of anilines is 1. The predicted molar refractivity (Wildman–Crippen MR) is 226 cm³/mol. The van der Waals surface area contributed by atoms with E-state index >= 15 is 0 Å². The van der Waals surface area contributed by atoms with Crippen LogP contribution in [0.1, 0.15) is 85.5 Å². The van der Waals surface area contributed by atoms with Gasteiger partial charge in [-0.1, -0.05) is 30.9 Å². The fourth-order valence-corrected chi connectivity index (χ4v) is 9.46. The van der Waals surface area contributed by atoms with Gasteiger partial charge in [0.15, 0.2) is 0 Å². The zero-order valence-electron chi connectivity index (χ0n) is 30.2. The minimum atomic E-state index is -0.658. The number of thiophene rings is 1. The Morgan fingerprint density at radius 3 is 2.06 bits per heavy atom. The van der Waals surface area contributed by atoms with E-state index in [0.717, 1.165) is 66.0 Å². The van der Waals surface area contributed by atoms with Crippen molar-refractivity contribution in [1.82, 2.24) is 14.6 Å². The van der Waals surface area contributed by atoms with Crippen LogP contribution in [0.5, 0.6) is 0 Å². The molecular formula is C37H59Br2ClN4O2S3. The van der Waals surface area contributed by atoms with E-state index in [1.807, 2.05) is 63.2 Å². The molecular weight excluding hydrogens is 824 g/mol. The maximum absolute atomic E-state index is 10.6. The van der Waals surface area contributed by atoms with Gasteiger partial charge in [-0.2, -0.15) is 0 Å². The molecule has 49 heavy (non-hydrogen) atoms. The number of pyridine rings is 1. The number of carboxylic acids is 1. The van der Waals surface area contributed by atoms with Gasteiger partial charge in [0.1, 0.15) is 5.82 Å². The molecule has 5 rings (SSSR count). The van der Waals surface area contributed by atoms with Crippen molar-refractivity contribution in [3.63, 3.8) is 0 Å². The lowest BCUT2D eigenvalue weighted by molar-refractivity contribution is -0.149. The van der Waals surface area contributed by atoms with Crippen LogP contribution in [-0.2, 0) is 4.79 Å². The van der Waals surface area contributed by atoms with Gasteiger partial charge in [-0.15, -0.1) is 48.7 Å². The van der Waals surface area contributed by atoms with Crippen molar-refractivity contribution in [2.24, 2.45) is 17.3 Å². The number of nitrogens with one attached hydrogen (secondary N) is 1. The number of hydrogen-bond acceptors (Lipinski definition) is 8. The predicted octanol–water partition coefficient (Wildman–Crippen LogP) is 11.9. The summed E-state index contributed by atoms with van der Waals surface area (Å²) < 4.78 is 6.21. The smallest absolute Gasteiger partial charge is 0.309 e. The van der Waals surface area contributed by atoms with Gasteiger partial charge in [0.05, 0.1) is 14.1 Å². The average Bonchev–Trinajstić information content (AvgIpc) is 3.48. The lowest BCUT2D eigenvalue weighted by atomic mass is 9.81. The first-order chi connectivity index (χ1) is 23.4. The lowest BCUT2D eigenvalue weighted by Gasteiger charge is -2.34. The highest BCUT2D eigenvalue weighted by Gasteiger charge is 2.34. The number of aromatic nitrogens is 1. The first kappa shape index (κ1) is 46.5. The fourth-order valence-electron chi connectivity index (χ4n) is 5.73. The molecule has 0 radical (unpaired) electrons. The molecule has 278 valence electrons. The van der Waals surface area contributed by atoms with E-state index in [1.165, 1.54) is 78.7 Å². The summed E-state index contributed by atoms with van der Waals surface area (Å²) in [6.07, 6.45) is 16.1. The van der Waals surface area contributed by atoms with Gasteiger partial charge in [0.25, 0.3) is 0 Å². The minimum absolute atomic E-state index is 0.467. The topological polar surface area (TPSA) is 68.7 Å². The molecule has 5 heterocycles. The second kappa shape index (κ2) is 26.3. The van der Waals surface area contributed by atoms with Crippen LogP contribution < -0.4 is 10.2 Å². The molecule has 0 amide bonds. The number of carbonyl (C=O) groups is 1. The van der Waals surface area contributed by atoms with Crippen molar-refractivity contribution in [1.29, 1.82) is 0 Å². The molecule has 0 aromatic carbocycles. The summed E-state index contributed by atoms with van der Waals surface area (Å²) in [4.78, 5) is 18.6. The molecule has 3 aliphatic rings. The van der Waals surface area contributed by atoms with E-state index in [9.17, 15) is 4.79 Å². The molecule has 0 saturated carbocycles. The number of rotatable bonds is 8. The third kappa shape index (κ3) is 19.2. The van der Waals surface area contributed by atoms with E-state index in [4.69, 9.17) is 5.11 Å². The van der Waals surface area contributed by atoms with Gasteiger partial charge in [-0.05, 0) is 147 Å². The van der Waals surface area contributed by atoms with Gasteiger partial charge >= 0.3 is 5.97 Å². The first-order valence-electron chi connectivity index (χ1n) is 17.1. The summed E-state index contributed by atoms with van der Waals surface area (Å²) in [5, 5.41) is 14.1. The van der Waals surface area contributed by atoms with Crippen LogP contribution in [-0.4, -0.2) is 66.0 Å². The molecule has 3 saturated heterocycles. The minimum Gasteiger partial charge on any atom is -0.481 e. The number of nitrogens with zero attached hydrogens (tertiary/aromatic N) is 3. The van der Waals surface area contributed by atoms with Crippen molar-refractivity contribution < 1.29 is 9.90 Å². The number of carboxylic acid groups (broad SMARTS) is 1. The van der Waals surface area contributed by atoms with Gasteiger partial charge < -0.3 is 15.3 Å². The molecule has 0 spiro atoms. The first-order valence-corrected chi connectivity index (χ1v) is 21.6. The lowest BCUT2D eigenvalue weighted by Crippen LogP contribution is -2.39. The Morgan fingerprint density at radius 2 is 1.63 bits per heavy atom. The second-order valence-electron chi connectivity index (χ2n) is 13.1. The summed E-state index contributed by atoms with van der Waals surface area (Å²) >= 11 is 20.0. The van der Waals surface area contributed by atoms with Crippen LogP contribution in [0.4, 0.5) is 5.82 Å². The van der Waals surface area contributed by atoms with Gasteiger partial charge in [-0.25, -0.2) is 9.29 Å². The number of hydrogen-bond donors (Lipinski definition) is 3. The van der Waals surface area contributed by atoms with Crippen LogP contribution >= 0.6 is 79.4 Å². The highest BCUT2D eigenvalue weighted by atomic mass is 79.9. The van der Waals surface area contributed by atoms with E-state index in [1.54, 1.807) is 6.08 Å². The zero-order chi connectivity index (χ0) is 36.8. The van der Waals surface area contributed by atoms with Crippen LogP contribution in [0.25, 0.3) is 0 Å². The Kier molecular flexibility index (Phi) is 24.9. The molecule has 2 aromatic rings. The van der Waals surface area contributed by atoms with Crippen LogP contribution in [0, 0.1) is 17.3 Å². The van der Waals surface area contributed by atoms with Gasteiger partial charge in [0, 0.05) is 53.5 Å². The Labute approximate surface area is 333 Å². The Hall–Kier alpha value is -0.530. The molecule has 3 fully saturated rings. The van der Waals surface area contributed by atoms with Crippen molar-refractivity contribution in [3.05, 3.63) is 57.5 Å². The maximum atomic E-state index is 10.6. The molecule has 2 N–H and O–H groups in total. The quantitative estimate of drug-likeness (QED) is 0.106. The van der Waals surface area contributed by atoms with Crippen LogP contribution in [0.3, 0.4) is 0 Å². The number of thiol groups is 1. The van der Waals surface area contributed by atoms with Gasteiger partial charge in [-0.3, -0.25) is 4.79 Å². The van der Waals surface area contributed by atoms with E-state index < -0.39 is 11.4 Å². The molecule has 0 unspecified atom stereocenters. The standard InChI is InChI=1S/C22H29Br2N3S3.C7H13NO2.C4H8.C3H6.CH3Cl/c23-18-12-21(29-15-18)30-27-10-6-17(7-11-27)3-1-2-16-4-8-26(9-5-16)22-20(24)13-19(28)14-25-22;1-7(6(9)10)2-4-8-5-3-7;1-4(2)3;1-3-2;1-2/h12-17,28H,1-11H2;8H,2-5H2,1H3,(H,9,10);1H2,2-3H3;3H,1H2,2H3;1H3. The summed E-state index contributed by atoms with van der Waals surface area (Å²) in [5.74, 6) is 2.23. The van der Waals surface area contributed by atoms with E-state index in [-0.39, 0.29) is 0 Å².